The Hall–Kier alpha value is -5.68. The van der Waals surface area contributed by atoms with Crippen molar-refractivity contribution in [2.45, 2.75) is 6.54 Å². The maximum atomic E-state index is 14.0. The van der Waals surface area contributed by atoms with Gasteiger partial charge in [0.2, 0.25) is 5.95 Å². The van der Waals surface area contributed by atoms with E-state index >= 15 is 0 Å². The van der Waals surface area contributed by atoms with Crippen LogP contribution in [0.1, 0.15) is 5.56 Å². The minimum atomic E-state index is -0.872. The summed E-state index contributed by atoms with van der Waals surface area (Å²) in [4.78, 5) is 28.9. The molecule has 0 saturated carbocycles. The molecule has 3 N–H and O–H groups in total. The Kier molecular flexibility index (Phi) is 7.94. The minimum Gasteiger partial charge on any atom is -0.324 e. The van der Waals surface area contributed by atoms with Crippen molar-refractivity contribution in [3.05, 3.63) is 121 Å². The predicted octanol–water partition coefficient (Wildman–Crippen LogP) is 7.19. The van der Waals surface area contributed by atoms with Crippen molar-refractivity contribution in [3.63, 3.8) is 0 Å². The molecule has 0 radical (unpaired) electrons. The standard InChI is InChI=1S/C33H28F2N8O/c1-42(2)20-21-8-5-10-23(18-21)37-32-36-16-15-27(39-32)31-29(40-28-14-3-4-17-43(28)31)22-9-6-11-24(19-22)38-33(44)41-30-25(34)12-7-13-26(30)35/h3-19H,20H2,1-2H3,(H,36,37,39)(H2,38,41,44). The van der Waals surface area contributed by atoms with Gasteiger partial charge in [-0.3, -0.25) is 4.40 Å². The molecular formula is C33H28F2N8O. The highest BCUT2D eigenvalue weighted by molar-refractivity contribution is 6.00. The Balaban J connectivity index is 1.32. The average Bonchev–Trinajstić information content (AvgIpc) is 3.39. The maximum Gasteiger partial charge on any atom is 0.323 e. The first kappa shape index (κ1) is 28.4. The first-order valence-electron chi connectivity index (χ1n) is 13.8. The first-order chi connectivity index (χ1) is 21.3. The second-order valence-corrected chi connectivity index (χ2v) is 10.3. The van der Waals surface area contributed by atoms with Gasteiger partial charge in [-0.15, -0.1) is 0 Å². The lowest BCUT2D eigenvalue weighted by Gasteiger charge is -2.12. The number of amides is 2. The average molecular weight is 591 g/mol. The summed E-state index contributed by atoms with van der Waals surface area (Å²) < 4.78 is 30.0. The number of anilines is 4. The molecule has 6 aromatic rings. The van der Waals surface area contributed by atoms with Crippen LogP contribution in [0, 0.1) is 11.6 Å². The third-order valence-electron chi connectivity index (χ3n) is 6.71. The minimum absolute atomic E-state index is 0.405. The summed E-state index contributed by atoms with van der Waals surface area (Å²) in [5.74, 6) is -1.32. The van der Waals surface area contributed by atoms with Crippen molar-refractivity contribution < 1.29 is 13.6 Å². The molecule has 0 spiro atoms. The summed E-state index contributed by atoms with van der Waals surface area (Å²) in [6, 6.07) is 25.2. The molecule has 44 heavy (non-hydrogen) atoms. The molecule has 9 nitrogen and oxygen atoms in total. The van der Waals surface area contributed by atoms with Crippen LogP contribution in [0.5, 0.6) is 0 Å². The lowest BCUT2D eigenvalue weighted by atomic mass is 10.1. The highest BCUT2D eigenvalue weighted by atomic mass is 19.1. The monoisotopic (exact) mass is 590 g/mol. The quantitative estimate of drug-likeness (QED) is 0.174. The number of hydrogen-bond donors (Lipinski definition) is 3. The van der Waals surface area contributed by atoms with Crippen molar-refractivity contribution in [2.75, 3.05) is 30.0 Å². The SMILES string of the molecule is CN(C)Cc1cccc(Nc2nccc(-c3c(-c4cccc(NC(=O)Nc5c(F)cccc5F)c4)nc4ccccn34)n2)c1. The number of aromatic nitrogens is 4. The summed E-state index contributed by atoms with van der Waals surface area (Å²) in [7, 11) is 4.04. The fraction of sp³-hybridized carbons (Fsp3) is 0.0909. The van der Waals surface area contributed by atoms with Crippen LogP contribution in [0.2, 0.25) is 0 Å². The number of nitrogens with one attached hydrogen (secondary N) is 3. The van der Waals surface area contributed by atoms with E-state index in [1.165, 1.54) is 6.07 Å². The molecule has 6 rings (SSSR count). The number of rotatable bonds is 8. The summed E-state index contributed by atoms with van der Waals surface area (Å²) in [5, 5.41) is 8.19. The number of imidazole rings is 1. The van der Waals surface area contributed by atoms with Gasteiger partial charge in [-0.05, 0) is 74.3 Å². The lowest BCUT2D eigenvalue weighted by Crippen LogP contribution is -2.21. The van der Waals surface area contributed by atoms with Gasteiger partial charge >= 0.3 is 6.03 Å². The van der Waals surface area contributed by atoms with Gasteiger partial charge in [-0.25, -0.2) is 28.5 Å². The van der Waals surface area contributed by atoms with E-state index in [0.717, 1.165) is 35.6 Å². The van der Waals surface area contributed by atoms with Gasteiger partial charge in [0.05, 0.1) is 17.1 Å². The van der Waals surface area contributed by atoms with Crippen molar-refractivity contribution in [1.29, 1.82) is 0 Å². The van der Waals surface area contributed by atoms with Gasteiger partial charge in [-0.1, -0.05) is 36.4 Å². The largest absolute Gasteiger partial charge is 0.324 e. The summed E-state index contributed by atoms with van der Waals surface area (Å²) >= 11 is 0. The molecule has 0 aliphatic carbocycles. The number of fused-ring (bicyclic) bond motifs is 1. The Morgan fingerprint density at radius 2 is 1.61 bits per heavy atom. The molecule has 0 unspecified atom stereocenters. The Bertz CT molecular complexity index is 1950. The number of pyridine rings is 1. The van der Waals surface area contributed by atoms with E-state index in [9.17, 15) is 13.6 Å². The second kappa shape index (κ2) is 12.3. The van der Waals surface area contributed by atoms with Crippen molar-refractivity contribution >= 4 is 34.7 Å². The van der Waals surface area contributed by atoms with Crippen LogP contribution in [0.25, 0.3) is 28.3 Å². The zero-order valence-electron chi connectivity index (χ0n) is 23.9. The summed E-state index contributed by atoms with van der Waals surface area (Å²) in [6.07, 6.45) is 3.59. The van der Waals surface area contributed by atoms with Crippen molar-refractivity contribution in [1.82, 2.24) is 24.3 Å². The Labute approximate surface area is 252 Å². The zero-order chi connectivity index (χ0) is 30.6. The molecule has 0 aliphatic rings. The number of urea groups is 1. The molecule has 0 atom stereocenters. The number of benzene rings is 3. The molecule has 0 aliphatic heterocycles. The molecule has 3 aromatic heterocycles. The van der Waals surface area contributed by atoms with Crippen LogP contribution >= 0.6 is 0 Å². The van der Waals surface area contributed by atoms with E-state index in [1.54, 1.807) is 24.4 Å². The Morgan fingerprint density at radius 3 is 2.43 bits per heavy atom. The molecule has 0 saturated heterocycles. The third kappa shape index (κ3) is 6.22. The molecule has 11 heteroatoms. The summed E-state index contributed by atoms with van der Waals surface area (Å²) in [6.45, 7) is 0.803. The molecular weight excluding hydrogens is 562 g/mol. The van der Waals surface area contributed by atoms with E-state index in [4.69, 9.17) is 9.97 Å². The van der Waals surface area contributed by atoms with Gasteiger partial charge in [0.1, 0.15) is 23.0 Å². The van der Waals surface area contributed by atoms with Gasteiger partial charge in [0.15, 0.2) is 0 Å². The normalized spacial score (nSPS) is 11.1. The highest BCUT2D eigenvalue weighted by Crippen LogP contribution is 2.33. The van der Waals surface area contributed by atoms with Crippen LogP contribution in [0.15, 0.2) is 103 Å². The molecule has 0 bridgehead atoms. The number of carbonyl (C=O) groups excluding carboxylic acids is 1. The molecule has 3 heterocycles. The lowest BCUT2D eigenvalue weighted by molar-refractivity contribution is 0.262. The van der Waals surface area contributed by atoms with Crippen LogP contribution in [-0.4, -0.2) is 44.4 Å². The number of carbonyl (C=O) groups is 1. The maximum absolute atomic E-state index is 14.0. The van der Waals surface area contributed by atoms with Gasteiger partial charge in [-0.2, -0.15) is 0 Å². The van der Waals surface area contributed by atoms with E-state index in [2.05, 4.69) is 38.0 Å². The van der Waals surface area contributed by atoms with Gasteiger partial charge in [0, 0.05) is 35.9 Å². The Morgan fingerprint density at radius 1 is 0.841 bits per heavy atom. The fourth-order valence-corrected chi connectivity index (χ4v) is 4.87. The van der Waals surface area contributed by atoms with E-state index in [1.807, 2.05) is 67.2 Å². The van der Waals surface area contributed by atoms with Crippen LogP contribution in [0.3, 0.4) is 0 Å². The zero-order valence-corrected chi connectivity index (χ0v) is 23.9. The van der Waals surface area contributed by atoms with E-state index in [0.29, 0.717) is 34.2 Å². The molecule has 0 fully saturated rings. The van der Waals surface area contributed by atoms with E-state index < -0.39 is 23.4 Å². The number of nitrogens with zero attached hydrogens (tertiary/aromatic N) is 5. The number of hydrogen-bond acceptors (Lipinski definition) is 6. The highest BCUT2D eigenvalue weighted by Gasteiger charge is 2.19. The smallest absolute Gasteiger partial charge is 0.323 e. The van der Waals surface area contributed by atoms with Gasteiger partial charge < -0.3 is 20.9 Å². The van der Waals surface area contributed by atoms with E-state index in [-0.39, 0.29) is 0 Å². The first-order valence-corrected chi connectivity index (χ1v) is 13.8. The fourth-order valence-electron chi connectivity index (χ4n) is 4.87. The summed E-state index contributed by atoms with van der Waals surface area (Å²) in [5.41, 5.74) is 5.28. The topological polar surface area (TPSA) is 99.5 Å². The van der Waals surface area contributed by atoms with Crippen LogP contribution in [0.4, 0.5) is 36.6 Å². The van der Waals surface area contributed by atoms with Crippen LogP contribution < -0.4 is 16.0 Å². The van der Waals surface area contributed by atoms with Gasteiger partial charge in [0.25, 0.3) is 0 Å². The molecule has 220 valence electrons. The second-order valence-electron chi connectivity index (χ2n) is 10.3. The number of para-hydroxylation sites is 1. The third-order valence-corrected chi connectivity index (χ3v) is 6.71. The molecule has 3 aromatic carbocycles. The van der Waals surface area contributed by atoms with Crippen LogP contribution in [-0.2, 0) is 6.54 Å². The van der Waals surface area contributed by atoms with Crippen molar-refractivity contribution in [3.8, 4) is 22.6 Å². The van der Waals surface area contributed by atoms with Crippen molar-refractivity contribution in [2.24, 2.45) is 0 Å². The number of halogens is 2. The molecule has 2 amide bonds. The predicted molar refractivity (Wildman–Crippen MR) is 168 cm³/mol.